The summed E-state index contributed by atoms with van der Waals surface area (Å²) in [6, 6.07) is 3.33. The number of hydrogen-bond acceptors (Lipinski definition) is 4. The van der Waals surface area contributed by atoms with E-state index in [0.717, 1.165) is 32.0 Å². The van der Waals surface area contributed by atoms with Gasteiger partial charge in [-0.1, -0.05) is 0 Å². The van der Waals surface area contributed by atoms with E-state index in [0.29, 0.717) is 24.9 Å². The monoisotopic (exact) mass is 390 g/mol. The Morgan fingerprint density at radius 3 is 2.44 bits per heavy atom. The molecule has 0 radical (unpaired) electrons. The number of halogens is 4. The SMILES string of the molecule is O=C(OCc1ccc(OCC(F)(F)F)cc1F)N1CC[C@@H]2CNC[C@@H]2CC1. The molecule has 0 bridgehead atoms. The van der Waals surface area contributed by atoms with Gasteiger partial charge >= 0.3 is 12.3 Å². The molecule has 1 amide bonds. The van der Waals surface area contributed by atoms with Crippen LogP contribution in [0, 0.1) is 17.7 Å². The molecule has 0 aliphatic carbocycles. The lowest BCUT2D eigenvalue weighted by molar-refractivity contribution is -0.153. The first-order chi connectivity index (χ1) is 12.8. The molecule has 0 unspecified atom stereocenters. The molecule has 2 saturated heterocycles. The van der Waals surface area contributed by atoms with Gasteiger partial charge in [-0.25, -0.2) is 9.18 Å². The van der Waals surface area contributed by atoms with Crippen molar-refractivity contribution in [3.05, 3.63) is 29.6 Å². The van der Waals surface area contributed by atoms with E-state index in [1.54, 1.807) is 4.90 Å². The fourth-order valence-corrected chi connectivity index (χ4v) is 3.53. The Bertz CT molecular complexity index is 654. The smallest absolute Gasteiger partial charge is 0.422 e. The highest BCUT2D eigenvalue weighted by atomic mass is 19.4. The molecule has 0 saturated carbocycles. The molecule has 1 aromatic carbocycles. The first kappa shape index (κ1) is 19.7. The minimum atomic E-state index is -4.49. The molecule has 2 atom stereocenters. The lowest BCUT2D eigenvalue weighted by Crippen LogP contribution is -2.33. The number of ether oxygens (including phenoxy) is 2. The van der Waals surface area contributed by atoms with E-state index in [1.807, 2.05) is 0 Å². The average Bonchev–Trinajstić information content (AvgIpc) is 2.96. The summed E-state index contributed by atoms with van der Waals surface area (Å²) in [5.41, 5.74) is 0.0820. The van der Waals surface area contributed by atoms with Crippen LogP contribution < -0.4 is 10.1 Å². The Kier molecular flexibility index (Phi) is 6.08. The number of alkyl halides is 3. The minimum absolute atomic E-state index is 0.0820. The van der Waals surface area contributed by atoms with Crippen LogP contribution in [-0.4, -0.2) is 50.0 Å². The van der Waals surface area contributed by atoms with Crippen LogP contribution in [0.15, 0.2) is 18.2 Å². The van der Waals surface area contributed by atoms with Crippen LogP contribution in [0.5, 0.6) is 5.75 Å². The van der Waals surface area contributed by atoms with Gasteiger partial charge in [0, 0.05) is 24.7 Å². The van der Waals surface area contributed by atoms with E-state index >= 15 is 0 Å². The van der Waals surface area contributed by atoms with Crippen LogP contribution >= 0.6 is 0 Å². The fourth-order valence-electron chi connectivity index (χ4n) is 3.53. The third-order valence-electron chi connectivity index (χ3n) is 5.06. The van der Waals surface area contributed by atoms with Crippen LogP contribution in [-0.2, 0) is 11.3 Å². The number of carbonyl (C=O) groups excluding carboxylic acids is 1. The van der Waals surface area contributed by atoms with Gasteiger partial charge in [-0.3, -0.25) is 0 Å². The number of likely N-dealkylation sites (tertiary alicyclic amines) is 1. The van der Waals surface area contributed by atoms with E-state index in [-0.39, 0.29) is 17.9 Å². The van der Waals surface area contributed by atoms with Gasteiger partial charge in [-0.05, 0) is 49.9 Å². The van der Waals surface area contributed by atoms with E-state index in [4.69, 9.17) is 4.74 Å². The van der Waals surface area contributed by atoms with Crippen molar-refractivity contribution in [2.45, 2.75) is 25.6 Å². The Hall–Kier alpha value is -2.03. The maximum atomic E-state index is 14.0. The normalized spacial score (nSPS) is 22.9. The van der Waals surface area contributed by atoms with Crippen molar-refractivity contribution in [1.29, 1.82) is 0 Å². The van der Waals surface area contributed by atoms with Crippen LogP contribution in [0.2, 0.25) is 0 Å². The van der Waals surface area contributed by atoms with Crippen molar-refractivity contribution in [3.8, 4) is 5.75 Å². The number of hydrogen-bond donors (Lipinski definition) is 1. The van der Waals surface area contributed by atoms with E-state index in [1.165, 1.54) is 12.1 Å². The lowest BCUT2D eigenvalue weighted by atomic mass is 9.92. The van der Waals surface area contributed by atoms with Crippen molar-refractivity contribution in [2.24, 2.45) is 11.8 Å². The molecule has 9 heteroatoms. The van der Waals surface area contributed by atoms with Gasteiger partial charge in [0.1, 0.15) is 18.2 Å². The second-order valence-electron chi connectivity index (χ2n) is 6.95. The molecule has 0 aromatic heterocycles. The standard InChI is InChI=1S/C18H22F4N2O3/c19-16-7-15(27-11-18(20,21)22)2-1-14(16)10-26-17(25)24-5-3-12-8-23-9-13(12)4-6-24/h1-2,7,12-13,23H,3-6,8-11H2/t12-,13+. The molecule has 2 aliphatic rings. The van der Waals surface area contributed by atoms with Crippen LogP contribution in [0.25, 0.3) is 0 Å². The number of carbonyl (C=O) groups is 1. The van der Waals surface area contributed by atoms with Crippen LogP contribution in [0.1, 0.15) is 18.4 Å². The third kappa shape index (κ3) is 5.47. The van der Waals surface area contributed by atoms with Gasteiger partial charge in [0.2, 0.25) is 0 Å². The molecule has 3 rings (SSSR count). The number of nitrogens with one attached hydrogen (secondary N) is 1. The Morgan fingerprint density at radius 1 is 1.19 bits per heavy atom. The fraction of sp³-hybridized carbons (Fsp3) is 0.611. The highest BCUT2D eigenvalue weighted by Gasteiger charge is 2.32. The summed E-state index contributed by atoms with van der Waals surface area (Å²) >= 11 is 0. The summed E-state index contributed by atoms with van der Waals surface area (Å²) in [7, 11) is 0. The molecule has 0 spiro atoms. The predicted molar refractivity (Wildman–Crippen MR) is 88.8 cm³/mol. The molecular weight excluding hydrogens is 368 g/mol. The zero-order valence-electron chi connectivity index (χ0n) is 14.7. The molecule has 1 N–H and O–H groups in total. The highest BCUT2D eigenvalue weighted by Crippen LogP contribution is 2.27. The third-order valence-corrected chi connectivity index (χ3v) is 5.06. The maximum absolute atomic E-state index is 14.0. The second-order valence-corrected chi connectivity index (χ2v) is 6.95. The maximum Gasteiger partial charge on any atom is 0.422 e. The van der Waals surface area contributed by atoms with Crippen molar-refractivity contribution in [3.63, 3.8) is 0 Å². The minimum Gasteiger partial charge on any atom is -0.484 e. The number of rotatable bonds is 4. The van der Waals surface area contributed by atoms with Gasteiger partial charge in [0.25, 0.3) is 0 Å². The van der Waals surface area contributed by atoms with E-state index in [2.05, 4.69) is 10.1 Å². The summed E-state index contributed by atoms with van der Waals surface area (Å²) < 4.78 is 60.1. The summed E-state index contributed by atoms with van der Waals surface area (Å²) in [6.45, 7) is 1.38. The molecule has 2 aliphatic heterocycles. The largest absolute Gasteiger partial charge is 0.484 e. The number of benzene rings is 1. The lowest BCUT2D eigenvalue weighted by Gasteiger charge is -2.20. The molecule has 27 heavy (non-hydrogen) atoms. The topological polar surface area (TPSA) is 50.8 Å². The van der Waals surface area contributed by atoms with Crippen molar-refractivity contribution >= 4 is 6.09 Å². The van der Waals surface area contributed by atoms with Crippen molar-refractivity contribution in [2.75, 3.05) is 32.8 Å². The number of nitrogens with zero attached hydrogens (tertiary/aromatic N) is 1. The second kappa shape index (κ2) is 8.33. The first-order valence-corrected chi connectivity index (χ1v) is 8.92. The zero-order chi connectivity index (χ0) is 19.4. The summed E-state index contributed by atoms with van der Waals surface area (Å²) in [5, 5.41) is 3.36. The van der Waals surface area contributed by atoms with Crippen LogP contribution in [0.3, 0.4) is 0 Å². The molecule has 150 valence electrons. The van der Waals surface area contributed by atoms with Crippen molar-refractivity contribution < 1.29 is 31.8 Å². The van der Waals surface area contributed by atoms with Gasteiger partial charge < -0.3 is 19.7 Å². The Balaban J connectivity index is 1.49. The van der Waals surface area contributed by atoms with Gasteiger partial charge in [0.05, 0.1) is 0 Å². The predicted octanol–water partition coefficient (Wildman–Crippen LogP) is 3.33. The van der Waals surface area contributed by atoms with Crippen molar-refractivity contribution in [1.82, 2.24) is 10.2 Å². The molecule has 2 heterocycles. The summed E-state index contributed by atoms with van der Waals surface area (Å²) in [6.07, 6.45) is -3.18. The van der Waals surface area contributed by atoms with E-state index in [9.17, 15) is 22.4 Å². The Labute approximate surface area is 154 Å². The Morgan fingerprint density at radius 2 is 1.85 bits per heavy atom. The molecule has 2 fully saturated rings. The zero-order valence-corrected chi connectivity index (χ0v) is 14.7. The average molecular weight is 390 g/mol. The summed E-state index contributed by atoms with van der Waals surface area (Å²) in [4.78, 5) is 13.9. The van der Waals surface area contributed by atoms with Gasteiger partial charge in [-0.15, -0.1) is 0 Å². The summed E-state index contributed by atoms with van der Waals surface area (Å²) in [5.74, 6) is 0.139. The molecule has 1 aromatic rings. The first-order valence-electron chi connectivity index (χ1n) is 8.92. The highest BCUT2D eigenvalue weighted by molar-refractivity contribution is 5.67. The quantitative estimate of drug-likeness (QED) is 0.802. The van der Waals surface area contributed by atoms with Gasteiger partial charge in [-0.2, -0.15) is 13.2 Å². The van der Waals surface area contributed by atoms with Crippen LogP contribution in [0.4, 0.5) is 22.4 Å². The molecular formula is C18H22F4N2O3. The van der Waals surface area contributed by atoms with Gasteiger partial charge in [0.15, 0.2) is 6.61 Å². The number of fused-ring (bicyclic) bond motifs is 1. The van der Waals surface area contributed by atoms with E-state index < -0.39 is 24.7 Å². The molecule has 5 nitrogen and oxygen atoms in total. The number of amides is 1.